The normalized spacial score (nSPS) is 16.9. The molecule has 1 fully saturated rings. The first-order chi connectivity index (χ1) is 9.06. The molecule has 1 aromatic carbocycles. The minimum atomic E-state index is 0.250. The van der Waals surface area contributed by atoms with Crippen molar-refractivity contribution in [1.29, 1.82) is 0 Å². The number of rotatable bonds is 4. The van der Waals surface area contributed by atoms with E-state index in [4.69, 9.17) is 0 Å². The zero-order chi connectivity index (χ0) is 13.8. The van der Waals surface area contributed by atoms with E-state index in [9.17, 15) is 4.79 Å². The summed E-state index contributed by atoms with van der Waals surface area (Å²) < 4.78 is 0. The van der Waals surface area contributed by atoms with Crippen molar-refractivity contribution in [1.82, 2.24) is 4.90 Å². The van der Waals surface area contributed by atoms with E-state index in [0.29, 0.717) is 12.3 Å². The maximum atomic E-state index is 12.0. The topological polar surface area (TPSA) is 23.6 Å². The van der Waals surface area contributed by atoms with Crippen LogP contribution in [0.4, 0.5) is 5.69 Å². The standard InChI is InChI=1S/C16H24N2O/c1-13(2)12-16(19)14-4-6-15(7-5-14)18-10-8-17(3)9-11-18/h4-7,13H,8-12H2,1-3H3. The van der Waals surface area contributed by atoms with Gasteiger partial charge in [0.05, 0.1) is 0 Å². The molecule has 3 nitrogen and oxygen atoms in total. The molecule has 1 heterocycles. The van der Waals surface area contributed by atoms with Crippen LogP contribution in [0.15, 0.2) is 24.3 Å². The third kappa shape index (κ3) is 3.80. The number of carbonyl (C=O) groups excluding carboxylic acids is 1. The molecular weight excluding hydrogens is 236 g/mol. The summed E-state index contributed by atoms with van der Waals surface area (Å²) in [6.07, 6.45) is 0.633. The summed E-state index contributed by atoms with van der Waals surface area (Å²) in [5.74, 6) is 0.671. The van der Waals surface area contributed by atoms with Crippen LogP contribution in [0.25, 0.3) is 0 Å². The van der Waals surface area contributed by atoms with Crippen LogP contribution in [0, 0.1) is 5.92 Å². The molecule has 1 aliphatic rings. The van der Waals surface area contributed by atoms with Gasteiger partial charge in [0.1, 0.15) is 0 Å². The Morgan fingerprint density at radius 2 is 1.68 bits per heavy atom. The van der Waals surface area contributed by atoms with Crippen molar-refractivity contribution in [3.63, 3.8) is 0 Å². The van der Waals surface area contributed by atoms with Crippen LogP contribution < -0.4 is 4.90 Å². The Morgan fingerprint density at radius 1 is 1.11 bits per heavy atom. The van der Waals surface area contributed by atoms with E-state index in [-0.39, 0.29) is 5.78 Å². The van der Waals surface area contributed by atoms with Crippen LogP contribution in [0.5, 0.6) is 0 Å². The molecular formula is C16H24N2O. The van der Waals surface area contributed by atoms with Gasteiger partial charge >= 0.3 is 0 Å². The van der Waals surface area contributed by atoms with Crippen molar-refractivity contribution >= 4 is 11.5 Å². The Hall–Kier alpha value is -1.35. The third-order valence-electron chi connectivity index (χ3n) is 3.65. The molecule has 0 amide bonds. The molecule has 0 saturated carbocycles. The molecule has 19 heavy (non-hydrogen) atoms. The number of piperazine rings is 1. The second-order valence-corrected chi connectivity index (χ2v) is 5.86. The van der Waals surface area contributed by atoms with E-state index < -0.39 is 0 Å². The fourth-order valence-electron chi connectivity index (χ4n) is 2.41. The molecule has 0 atom stereocenters. The molecule has 3 heteroatoms. The van der Waals surface area contributed by atoms with Gasteiger partial charge in [0.25, 0.3) is 0 Å². The number of carbonyl (C=O) groups is 1. The largest absolute Gasteiger partial charge is 0.369 e. The Morgan fingerprint density at radius 3 is 2.21 bits per heavy atom. The van der Waals surface area contributed by atoms with Gasteiger partial charge in [-0.2, -0.15) is 0 Å². The first kappa shape index (κ1) is 14.1. The first-order valence-electron chi connectivity index (χ1n) is 7.13. The van der Waals surface area contributed by atoms with Gasteiger partial charge in [-0.3, -0.25) is 4.79 Å². The molecule has 1 aromatic rings. The molecule has 0 unspecified atom stereocenters. The number of benzene rings is 1. The van der Waals surface area contributed by atoms with Gasteiger partial charge in [-0.05, 0) is 37.2 Å². The van der Waals surface area contributed by atoms with Crippen molar-refractivity contribution < 1.29 is 4.79 Å². The van der Waals surface area contributed by atoms with Gasteiger partial charge in [-0.25, -0.2) is 0 Å². The summed E-state index contributed by atoms with van der Waals surface area (Å²) in [5, 5.41) is 0. The highest BCUT2D eigenvalue weighted by atomic mass is 16.1. The van der Waals surface area contributed by atoms with E-state index in [1.54, 1.807) is 0 Å². The summed E-state index contributed by atoms with van der Waals surface area (Å²) in [4.78, 5) is 16.7. The second kappa shape index (κ2) is 6.20. The molecule has 0 bridgehead atoms. The van der Waals surface area contributed by atoms with Gasteiger partial charge in [0, 0.05) is 43.9 Å². The third-order valence-corrected chi connectivity index (χ3v) is 3.65. The molecule has 104 valence electrons. The average molecular weight is 260 g/mol. The smallest absolute Gasteiger partial charge is 0.163 e. The minimum Gasteiger partial charge on any atom is -0.369 e. The molecule has 1 saturated heterocycles. The van der Waals surface area contributed by atoms with Crippen molar-refractivity contribution in [2.45, 2.75) is 20.3 Å². The van der Waals surface area contributed by atoms with Crippen LogP contribution >= 0.6 is 0 Å². The highest BCUT2D eigenvalue weighted by Gasteiger charge is 2.15. The fraction of sp³-hybridized carbons (Fsp3) is 0.562. The minimum absolute atomic E-state index is 0.250. The molecule has 0 aliphatic carbocycles. The van der Waals surface area contributed by atoms with Crippen LogP contribution in [0.1, 0.15) is 30.6 Å². The lowest BCUT2D eigenvalue weighted by Gasteiger charge is -2.34. The zero-order valence-corrected chi connectivity index (χ0v) is 12.2. The Kier molecular flexibility index (Phi) is 4.59. The van der Waals surface area contributed by atoms with E-state index >= 15 is 0 Å². The summed E-state index contributed by atoms with van der Waals surface area (Å²) in [7, 11) is 2.16. The molecule has 1 aliphatic heterocycles. The van der Waals surface area contributed by atoms with Crippen LogP contribution in [0.3, 0.4) is 0 Å². The van der Waals surface area contributed by atoms with E-state index in [2.05, 4.69) is 42.8 Å². The van der Waals surface area contributed by atoms with E-state index in [1.165, 1.54) is 5.69 Å². The Bertz CT molecular complexity index is 417. The quantitative estimate of drug-likeness (QED) is 0.778. The van der Waals surface area contributed by atoms with Gasteiger partial charge in [0.2, 0.25) is 0 Å². The molecule has 0 spiro atoms. The van der Waals surface area contributed by atoms with Crippen molar-refractivity contribution in [2.24, 2.45) is 5.92 Å². The monoisotopic (exact) mass is 260 g/mol. The fourth-order valence-corrected chi connectivity index (χ4v) is 2.41. The highest BCUT2D eigenvalue weighted by molar-refractivity contribution is 5.96. The summed E-state index contributed by atoms with van der Waals surface area (Å²) in [5.41, 5.74) is 2.07. The van der Waals surface area contributed by atoms with Gasteiger partial charge in [0.15, 0.2) is 5.78 Å². The average Bonchev–Trinajstić information content (AvgIpc) is 2.39. The van der Waals surface area contributed by atoms with Crippen molar-refractivity contribution in [2.75, 3.05) is 38.1 Å². The van der Waals surface area contributed by atoms with Crippen LogP contribution in [-0.4, -0.2) is 43.9 Å². The first-order valence-corrected chi connectivity index (χ1v) is 7.13. The number of hydrogen-bond acceptors (Lipinski definition) is 3. The van der Waals surface area contributed by atoms with Gasteiger partial charge in [-0.1, -0.05) is 13.8 Å². The highest BCUT2D eigenvalue weighted by Crippen LogP contribution is 2.18. The van der Waals surface area contributed by atoms with Gasteiger partial charge < -0.3 is 9.80 Å². The lowest BCUT2D eigenvalue weighted by molar-refractivity contribution is 0.0968. The number of likely N-dealkylation sites (N-methyl/N-ethyl adjacent to an activating group) is 1. The second-order valence-electron chi connectivity index (χ2n) is 5.86. The predicted octanol–water partition coefficient (Wildman–Crippen LogP) is 2.67. The Labute approximate surface area is 116 Å². The lowest BCUT2D eigenvalue weighted by atomic mass is 10.0. The molecule has 0 N–H and O–H groups in total. The van der Waals surface area contributed by atoms with Gasteiger partial charge in [-0.15, -0.1) is 0 Å². The van der Waals surface area contributed by atoms with Crippen molar-refractivity contribution in [3.8, 4) is 0 Å². The van der Waals surface area contributed by atoms with Crippen LogP contribution in [-0.2, 0) is 0 Å². The molecule has 2 rings (SSSR count). The number of anilines is 1. The molecule has 0 radical (unpaired) electrons. The number of Topliss-reactive ketones (excluding diaryl/α,β-unsaturated/α-hetero) is 1. The zero-order valence-electron chi connectivity index (χ0n) is 12.2. The summed E-state index contributed by atoms with van der Waals surface area (Å²) >= 11 is 0. The SMILES string of the molecule is CC(C)CC(=O)c1ccc(N2CCN(C)CC2)cc1. The van der Waals surface area contributed by atoms with E-state index in [0.717, 1.165) is 31.7 Å². The predicted molar refractivity (Wildman–Crippen MR) is 79.9 cm³/mol. The van der Waals surface area contributed by atoms with E-state index in [1.807, 2.05) is 12.1 Å². The molecule has 0 aromatic heterocycles. The number of hydrogen-bond donors (Lipinski definition) is 0. The maximum absolute atomic E-state index is 12.0. The maximum Gasteiger partial charge on any atom is 0.163 e. The lowest BCUT2D eigenvalue weighted by Crippen LogP contribution is -2.44. The number of ketones is 1. The van der Waals surface area contributed by atoms with Crippen LogP contribution in [0.2, 0.25) is 0 Å². The summed E-state index contributed by atoms with van der Waals surface area (Å²) in [6.45, 7) is 8.50. The van der Waals surface area contributed by atoms with Crippen molar-refractivity contribution in [3.05, 3.63) is 29.8 Å². The summed E-state index contributed by atoms with van der Waals surface area (Å²) in [6, 6.07) is 8.11. The number of nitrogens with zero attached hydrogens (tertiary/aromatic N) is 2. The Balaban J connectivity index is 2.00.